The lowest BCUT2D eigenvalue weighted by molar-refractivity contribution is -0.179. The Balaban J connectivity index is 1.82. The van der Waals surface area contributed by atoms with Gasteiger partial charge in [0.25, 0.3) is 0 Å². The van der Waals surface area contributed by atoms with Crippen LogP contribution in [0, 0.1) is 39.4 Å². The van der Waals surface area contributed by atoms with Gasteiger partial charge in [-0.05, 0) is 76.4 Å². The molecule has 4 N–H and O–H groups in total. The van der Waals surface area contributed by atoms with Crippen molar-refractivity contribution in [3.05, 3.63) is 35.6 Å². The molecule has 0 amide bonds. The molecule has 0 heterocycles. The van der Waals surface area contributed by atoms with E-state index in [1.807, 2.05) is 26.8 Å². The zero-order chi connectivity index (χ0) is 28.1. The molecule has 0 radical (unpaired) electrons. The molecule has 2 fully saturated rings. The Bertz CT molecular complexity index is 1150. The first-order valence-electron chi connectivity index (χ1n) is 13.2. The monoisotopic (exact) mass is 514 g/mol. The standard InChI is InChI=1S/C30H42O7/c1-25(2,36)12-11-21(33)30(8,37)23-19(32)14-27(5)20-10-9-16-17(13-18(31)24(35)26(16,3)4)29(20,7)22(34)15-28(23,27)6/h9,11-13,17,19-20,23,31-32,36-37H,10,14-15H2,1-8H3/b12-11+/t17?,19-,20?,23?,27+,28-,29+,30+/m1/s1. The molecule has 7 nitrogen and oxygen atoms in total. The normalized spacial score (nSPS) is 42.9. The molecule has 0 spiro atoms. The van der Waals surface area contributed by atoms with Gasteiger partial charge in [-0.15, -0.1) is 0 Å². The number of allylic oxidation sites excluding steroid dienone is 4. The van der Waals surface area contributed by atoms with E-state index in [4.69, 9.17) is 0 Å². The quantitative estimate of drug-likeness (QED) is 0.333. The SMILES string of the molecule is CC(C)(O)/C=C/C(=O)[C@](C)(O)C1[C@H](O)C[C@@]2(C)C3CC=C4C(C=C(O)C(=O)C4(C)C)[C@]3(C)C(=O)C[C@]12C. The molecule has 3 unspecified atom stereocenters. The molecule has 8 atom stereocenters. The van der Waals surface area contributed by atoms with Crippen LogP contribution in [-0.4, -0.2) is 55.1 Å². The van der Waals surface area contributed by atoms with E-state index in [1.165, 1.54) is 32.9 Å². The molecule has 0 aromatic carbocycles. The maximum Gasteiger partial charge on any atom is 0.206 e. The van der Waals surface area contributed by atoms with Crippen LogP contribution in [0.5, 0.6) is 0 Å². The zero-order valence-corrected chi connectivity index (χ0v) is 23.3. The lowest BCUT2D eigenvalue weighted by atomic mass is 9.39. The van der Waals surface area contributed by atoms with Crippen LogP contribution >= 0.6 is 0 Å². The van der Waals surface area contributed by atoms with Crippen LogP contribution in [0.1, 0.15) is 74.7 Å². The van der Waals surface area contributed by atoms with E-state index in [0.29, 0.717) is 12.8 Å². The average molecular weight is 515 g/mol. The summed E-state index contributed by atoms with van der Waals surface area (Å²) in [5.74, 6) is -2.98. The average Bonchev–Trinajstić information content (AvgIpc) is 2.96. The third-order valence-corrected chi connectivity index (χ3v) is 10.8. The first-order valence-corrected chi connectivity index (χ1v) is 13.2. The third-order valence-electron chi connectivity index (χ3n) is 10.8. The molecule has 37 heavy (non-hydrogen) atoms. The number of aliphatic hydroxyl groups excluding tert-OH is 2. The first kappa shape index (κ1) is 27.9. The summed E-state index contributed by atoms with van der Waals surface area (Å²) in [6.07, 6.45) is 5.85. The van der Waals surface area contributed by atoms with Gasteiger partial charge in [-0.3, -0.25) is 14.4 Å². The summed E-state index contributed by atoms with van der Waals surface area (Å²) in [6, 6.07) is 0. The second kappa shape index (κ2) is 7.96. The summed E-state index contributed by atoms with van der Waals surface area (Å²) in [5, 5.41) is 43.6. The van der Waals surface area contributed by atoms with E-state index in [9.17, 15) is 34.8 Å². The summed E-state index contributed by atoms with van der Waals surface area (Å²) in [6.45, 7) is 13.8. The van der Waals surface area contributed by atoms with E-state index in [0.717, 1.165) is 11.6 Å². The molecule has 0 bridgehead atoms. The molecule has 4 aliphatic rings. The van der Waals surface area contributed by atoms with Gasteiger partial charge in [-0.25, -0.2) is 0 Å². The minimum Gasteiger partial charge on any atom is -0.505 e. The van der Waals surface area contributed by atoms with Crippen molar-refractivity contribution in [2.75, 3.05) is 0 Å². The van der Waals surface area contributed by atoms with Gasteiger partial charge in [0.05, 0.1) is 17.1 Å². The second-order valence-electron chi connectivity index (χ2n) is 13.9. The summed E-state index contributed by atoms with van der Waals surface area (Å²) in [4.78, 5) is 40.1. The van der Waals surface area contributed by atoms with Gasteiger partial charge in [-0.2, -0.15) is 0 Å². The minimum absolute atomic E-state index is 0.0453. The number of aliphatic hydroxyl groups is 4. The molecule has 4 rings (SSSR count). The van der Waals surface area contributed by atoms with Gasteiger partial charge in [0.15, 0.2) is 11.5 Å². The number of carbonyl (C=O) groups is 3. The van der Waals surface area contributed by atoms with Crippen molar-refractivity contribution in [3.8, 4) is 0 Å². The predicted molar refractivity (Wildman–Crippen MR) is 138 cm³/mol. The highest BCUT2D eigenvalue weighted by molar-refractivity contribution is 6.02. The third kappa shape index (κ3) is 3.60. The number of ketones is 3. The van der Waals surface area contributed by atoms with Gasteiger partial charge < -0.3 is 20.4 Å². The molecule has 0 saturated heterocycles. The van der Waals surface area contributed by atoms with Crippen LogP contribution < -0.4 is 0 Å². The van der Waals surface area contributed by atoms with Crippen molar-refractivity contribution in [2.45, 2.75) is 92.0 Å². The number of carbonyl (C=O) groups excluding carboxylic acids is 3. The molecular formula is C30H42O7. The molecule has 0 aromatic heterocycles. The summed E-state index contributed by atoms with van der Waals surface area (Å²) < 4.78 is 0. The van der Waals surface area contributed by atoms with Crippen LogP contribution in [0.3, 0.4) is 0 Å². The molecule has 7 heteroatoms. The van der Waals surface area contributed by atoms with Crippen molar-refractivity contribution >= 4 is 17.3 Å². The van der Waals surface area contributed by atoms with E-state index in [1.54, 1.807) is 13.8 Å². The number of Topliss-reactive ketones (excluding diaryl/α,β-unsaturated/α-hetero) is 2. The van der Waals surface area contributed by atoms with Gasteiger partial charge >= 0.3 is 0 Å². The van der Waals surface area contributed by atoms with Crippen molar-refractivity contribution in [1.29, 1.82) is 0 Å². The molecule has 2 saturated carbocycles. The number of rotatable bonds is 4. The van der Waals surface area contributed by atoms with E-state index in [-0.39, 0.29) is 29.7 Å². The Hall–Kier alpha value is -2.09. The molecule has 4 aliphatic carbocycles. The molecule has 0 aromatic rings. The maximum atomic E-state index is 14.2. The van der Waals surface area contributed by atoms with Crippen LogP contribution in [0.2, 0.25) is 0 Å². The fraction of sp³-hybridized carbons (Fsp3) is 0.700. The minimum atomic E-state index is -1.96. The molecule has 0 aliphatic heterocycles. The van der Waals surface area contributed by atoms with Crippen molar-refractivity contribution < 1.29 is 34.8 Å². The van der Waals surface area contributed by atoms with Gasteiger partial charge in [0.2, 0.25) is 5.78 Å². The second-order valence-corrected chi connectivity index (χ2v) is 13.9. The largest absolute Gasteiger partial charge is 0.505 e. The lowest BCUT2D eigenvalue weighted by Gasteiger charge is -2.63. The van der Waals surface area contributed by atoms with Crippen LogP contribution in [0.15, 0.2) is 35.6 Å². The van der Waals surface area contributed by atoms with Crippen molar-refractivity contribution in [1.82, 2.24) is 0 Å². The highest BCUT2D eigenvalue weighted by atomic mass is 16.3. The summed E-state index contributed by atoms with van der Waals surface area (Å²) in [7, 11) is 0. The van der Waals surface area contributed by atoms with Crippen molar-refractivity contribution in [2.24, 2.45) is 39.4 Å². The lowest BCUT2D eigenvalue weighted by Crippen LogP contribution is -2.64. The van der Waals surface area contributed by atoms with Crippen LogP contribution in [0.4, 0.5) is 0 Å². The molecule has 204 valence electrons. The first-order chi connectivity index (χ1) is 16.7. The van der Waals surface area contributed by atoms with E-state index >= 15 is 0 Å². The van der Waals surface area contributed by atoms with Gasteiger partial charge in [-0.1, -0.05) is 38.5 Å². The Morgan fingerprint density at radius 2 is 1.65 bits per heavy atom. The predicted octanol–water partition coefficient (Wildman–Crippen LogP) is 3.62. The van der Waals surface area contributed by atoms with Crippen molar-refractivity contribution in [3.63, 3.8) is 0 Å². The van der Waals surface area contributed by atoms with E-state index < -0.39 is 56.6 Å². The Morgan fingerprint density at radius 3 is 2.22 bits per heavy atom. The van der Waals surface area contributed by atoms with E-state index in [2.05, 4.69) is 0 Å². The zero-order valence-electron chi connectivity index (χ0n) is 23.3. The van der Waals surface area contributed by atoms with Gasteiger partial charge in [0, 0.05) is 23.7 Å². The Kier molecular flexibility index (Phi) is 6.01. The van der Waals surface area contributed by atoms with Gasteiger partial charge in [0.1, 0.15) is 11.4 Å². The number of hydrogen-bond acceptors (Lipinski definition) is 7. The summed E-state index contributed by atoms with van der Waals surface area (Å²) >= 11 is 0. The van der Waals surface area contributed by atoms with Crippen LogP contribution in [-0.2, 0) is 14.4 Å². The highest BCUT2D eigenvalue weighted by Gasteiger charge is 2.74. The Morgan fingerprint density at radius 1 is 1.05 bits per heavy atom. The highest BCUT2D eigenvalue weighted by Crippen LogP contribution is 2.73. The fourth-order valence-electron chi connectivity index (χ4n) is 8.58. The maximum absolute atomic E-state index is 14.2. The Labute approximate surface area is 219 Å². The smallest absolute Gasteiger partial charge is 0.206 e. The summed E-state index contributed by atoms with van der Waals surface area (Å²) in [5.41, 5.74) is -5.75. The molecular weight excluding hydrogens is 472 g/mol. The van der Waals surface area contributed by atoms with Crippen LogP contribution in [0.25, 0.3) is 0 Å². The topological polar surface area (TPSA) is 132 Å². The number of hydrogen-bond donors (Lipinski definition) is 4. The number of fused-ring (bicyclic) bond motifs is 5. The fourth-order valence-corrected chi connectivity index (χ4v) is 8.58.